The molecule has 0 bridgehead atoms. The summed E-state index contributed by atoms with van der Waals surface area (Å²) in [6.45, 7) is 2.12. The Morgan fingerprint density at radius 2 is 1.22 bits per heavy atom. The Labute approximate surface area is 160 Å². The maximum atomic E-state index is 5.45. The van der Waals surface area contributed by atoms with Crippen molar-refractivity contribution in [2.75, 3.05) is 7.11 Å². The smallest absolute Gasteiger partial charge is 0.119 e. The molecule has 0 aliphatic carbocycles. The van der Waals surface area contributed by atoms with Crippen molar-refractivity contribution < 1.29 is 4.74 Å². The van der Waals surface area contributed by atoms with Gasteiger partial charge in [0.25, 0.3) is 0 Å². The lowest BCUT2D eigenvalue weighted by atomic mass is 9.91. The van der Waals surface area contributed by atoms with Crippen LogP contribution in [0.4, 0.5) is 0 Å². The fourth-order valence-electron chi connectivity index (χ4n) is 3.37. The summed E-state index contributed by atoms with van der Waals surface area (Å²) in [5, 5.41) is 0. The SMILES string of the molecule is COc1cccc(-c2cc(-c3ccc(C)cc3)ccc2-c2ccccc2)c1. The molecule has 0 atom stereocenters. The van der Waals surface area contributed by atoms with Gasteiger partial charge < -0.3 is 4.74 Å². The largest absolute Gasteiger partial charge is 0.497 e. The van der Waals surface area contributed by atoms with Crippen LogP contribution in [0, 0.1) is 6.92 Å². The number of rotatable bonds is 4. The van der Waals surface area contributed by atoms with E-state index in [0.717, 1.165) is 11.3 Å². The van der Waals surface area contributed by atoms with Crippen LogP contribution >= 0.6 is 0 Å². The fraction of sp³-hybridized carbons (Fsp3) is 0.0769. The standard InChI is InChI=1S/C26H22O/c1-19-11-13-20(14-12-19)22-15-16-25(21-7-4-3-5-8-21)26(18-22)23-9-6-10-24(17-23)27-2/h3-18H,1-2H3. The minimum absolute atomic E-state index is 0.868. The van der Waals surface area contributed by atoms with Crippen molar-refractivity contribution in [1.29, 1.82) is 0 Å². The molecule has 0 saturated heterocycles. The van der Waals surface area contributed by atoms with Crippen LogP contribution in [0.25, 0.3) is 33.4 Å². The van der Waals surface area contributed by atoms with Gasteiger partial charge in [0.2, 0.25) is 0 Å². The van der Waals surface area contributed by atoms with E-state index >= 15 is 0 Å². The molecule has 4 rings (SSSR count). The van der Waals surface area contributed by atoms with Gasteiger partial charge in [-0.15, -0.1) is 0 Å². The molecule has 0 amide bonds. The molecular formula is C26H22O. The highest BCUT2D eigenvalue weighted by atomic mass is 16.5. The van der Waals surface area contributed by atoms with Crippen LogP contribution < -0.4 is 4.74 Å². The molecule has 0 aromatic heterocycles. The van der Waals surface area contributed by atoms with Crippen molar-refractivity contribution >= 4 is 0 Å². The zero-order chi connectivity index (χ0) is 18.6. The Hall–Kier alpha value is -3.32. The molecule has 0 aliphatic heterocycles. The summed E-state index contributed by atoms with van der Waals surface area (Å²) in [4.78, 5) is 0. The van der Waals surface area contributed by atoms with E-state index < -0.39 is 0 Å². The summed E-state index contributed by atoms with van der Waals surface area (Å²) in [6.07, 6.45) is 0. The Kier molecular flexibility index (Phi) is 4.76. The van der Waals surface area contributed by atoms with E-state index in [1.54, 1.807) is 7.11 Å². The lowest BCUT2D eigenvalue weighted by Gasteiger charge is -2.14. The predicted molar refractivity (Wildman–Crippen MR) is 114 cm³/mol. The van der Waals surface area contributed by atoms with Crippen LogP contribution in [0.5, 0.6) is 5.75 Å². The first kappa shape index (κ1) is 17.1. The summed E-state index contributed by atoms with van der Waals surface area (Å²) in [5.41, 5.74) is 8.51. The minimum atomic E-state index is 0.868. The molecule has 1 heteroatoms. The maximum Gasteiger partial charge on any atom is 0.119 e. The van der Waals surface area contributed by atoms with Gasteiger partial charge in [-0.1, -0.05) is 84.4 Å². The summed E-state index contributed by atoms with van der Waals surface area (Å²) < 4.78 is 5.45. The molecule has 0 spiro atoms. The van der Waals surface area contributed by atoms with E-state index in [4.69, 9.17) is 4.74 Å². The van der Waals surface area contributed by atoms with Crippen molar-refractivity contribution in [3.05, 3.63) is 103 Å². The highest BCUT2D eigenvalue weighted by molar-refractivity contribution is 5.87. The van der Waals surface area contributed by atoms with Gasteiger partial charge in [-0.05, 0) is 58.5 Å². The fourth-order valence-corrected chi connectivity index (χ4v) is 3.37. The second-order valence-corrected chi connectivity index (χ2v) is 6.72. The van der Waals surface area contributed by atoms with Crippen LogP contribution in [0.2, 0.25) is 0 Å². The topological polar surface area (TPSA) is 9.23 Å². The van der Waals surface area contributed by atoms with Gasteiger partial charge in [-0.25, -0.2) is 0 Å². The second-order valence-electron chi connectivity index (χ2n) is 6.72. The van der Waals surface area contributed by atoms with Crippen molar-refractivity contribution in [3.8, 4) is 39.1 Å². The highest BCUT2D eigenvalue weighted by Crippen LogP contribution is 2.36. The maximum absolute atomic E-state index is 5.45. The van der Waals surface area contributed by atoms with Gasteiger partial charge in [0.05, 0.1) is 7.11 Å². The van der Waals surface area contributed by atoms with Crippen molar-refractivity contribution in [2.24, 2.45) is 0 Å². The normalized spacial score (nSPS) is 10.6. The van der Waals surface area contributed by atoms with Gasteiger partial charge in [0, 0.05) is 0 Å². The van der Waals surface area contributed by atoms with E-state index in [1.807, 2.05) is 12.1 Å². The lowest BCUT2D eigenvalue weighted by molar-refractivity contribution is 0.415. The summed E-state index contributed by atoms with van der Waals surface area (Å²) in [6, 6.07) is 34.2. The third-order valence-corrected chi connectivity index (χ3v) is 4.87. The third-order valence-electron chi connectivity index (χ3n) is 4.87. The molecule has 0 radical (unpaired) electrons. The molecule has 4 aromatic rings. The van der Waals surface area contributed by atoms with Crippen LogP contribution in [-0.4, -0.2) is 7.11 Å². The second kappa shape index (κ2) is 7.51. The lowest BCUT2D eigenvalue weighted by Crippen LogP contribution is -1.89. The van der Waals surface area contributed by atoms with Crippen LogP contribution in [0.15, 0.2) is 97.1 Å². The van der Waals surface area contributed by atoms with Crippen molar-refractivity contribution in [3.63, 3.8) is 0 Å². The summed E-state index contributed by atoms with van der Waals surface area (Å²) in [7, 11) is 1.71. The monoisotopic (exact) mass is 350 g/mol. The molecule has 0 saturated carbocycles. The van der Waals surface area contributed by atoms with Gasteiger partial charge >= 0.3 is 0 Å². The molecule has 0 aliphatic rings. The Bertz CT molecular complexity index is 1050. The summed E-state index contributed by atoms with van der Waals surface area (Å²) >= 11 is 0. The first-order valence-corrected chi connectivity index (χ1v) is 9.15. The first-order valence-electron chi connectivity index (χ1n) is 9.15. The molecule has 0 fully saturated rings. The zero-order valence-electron chi connectivity index (χ0n) is 15.6. The van der Waals surface area contributed by atoms with Crippen LogP contribution in [0.1, 0.15) is 5.56 Å². The van der Waals surface area contributed by atoms with Gasteiger partial charge in [-0.3, -0.25) is 0 Å². The number of methoxy groups -OCH3 is 1. The van der Waals surface area contributed by atoms with Crippen molar-refractivity contribution in [2.45, 2.75) is 6.92 Å². The Morgan fingerprint density at radius 3 is 1.96 bits per heavy atom. The van der Waals surface area contributed by atoms with E-state index in [1.165, 1.54) is 33.4 Å². The average Bonchev–Trinajstić information content (AvgIpc) is 2.74. The Balaban J connectivity index is 1.90. The molecule has 4 aromatic carbocycles. The van der Waals surface area contributed by atoms with Crippen LogP contribution in [-0.2, 0) is 0 Å². The molecule has 1 nitrogen and oxygen atoms in total. The number of benzene rings is 4. The predicted octanol–water partition coefficient (Wildman–Crippen LogP) is 7.00. The third kappa shape index (κ3) is 3.63. The van der Waals surface area contributed by atoms with E-state index in [2.05, 4.69) is 91.9 Å². The van der Waals surface area contributed by atoms with Crippen LogP contribution in [0.3, 0.4) is 0 Å². The van der Waals surface area contributed by atoms with E-state index in [9.17, 15) is 0 Å². The molecular weight excluding hydrogens is 328 g/mol. The Morgan fingerprint density at radius 1 is 0.519 bits per heavy atom. The number of hydrogen-bond donors (Lipinski definition) is 0. The van der Waals surface area contributed by atoms with Gasteiger partial charge in [0.15, 0.2) is 0 Å². The zero-order valence-corrected chi connectivity index (χ0v) is 15.6. The van der Waals surface area contributed by atoms with Gasteiger partial charge in [0.1, 0.15) is 5.75 Å². The number of hydrogen-bond acceptors (Lipinski definition) is 1. The van der Waals surface area contributed by atoms with E-state index in [0.29, 0.717) is 0 Å². The van der Waals surface area contributed by atoms with Gasteiger partial charge in [-0.2, -0.15) is 0 Å². The molecule has 27 heavy (non-hydrogen) atoms. The molecule has 0 unspecified atom stereocenters. The minimum Gasteiger partial charge on any atom is -0.497 e. The molecule has 0 N–H and O–H groups in total. The molecule has 0 heterocycles. The summed E-state index contributed by atoms with van der Waals surface area (Å²) in [5.74, 6) is 0.868. The average molecular weight is 350 g/mol. The number of aryl methyl sites for hydroxylation is 1. The quantitative estimate of drug-likeness (QED) is 0.385. The first-order chi connectivity index (χ1) is 13.2. The molecule has 132 valence electrons. The van der Waals surface area contributed by atoms with Crippen molar-refractivity contribution in [1.82, 2.24) is 0 Å². The highest BCUT2D eigenvalue weighted by Gasteiger charge is 2.10. The van der Waals surface area contributed by atoms with E-state index in [-0.39, 0.29) is 0 Å². The number of ether oxygens (including phenoxy) is 1.